The van der Waals surface area contributed by atoms with Crippen molar-refractivity contribution in [2.24, 2.45) is 0 Å². The molecule has 1 heterocycles. The van der Waals surface area contributed by atoms with Crippen LogP contribution in [0.3, 0.4) is 0 Å². The first-order valence-electron chi connectivity index (χ1n) is 15.6. The van der Waals surface area contributed by atoms with Crippen molar-refractivity contribution in [2.45, 2.75) is 0 Å². The monoisotopic (exact) mass is 586 g/mol. The number of para-hydroxylation sites is 1. The molecule has 208 valence electrons. The van der Waals surface area contributed by atoms with Gasteiger partial charge in [-0.15, -0.1) is 10.9 Å². The summed E-state index contributed by atoms with van der Waals surface area (Å²) in [6.07, 6.45) is 0. The lowest BCUT2D eigenvalue weighted by molar-refractivity contribution is 0.670. The molecule has 0 amide bonds. The van der Waals surface area contributed by atoms with E-state index in [1.807, 2.05) is 30.3 Å². The molecule has 8 aromatic carbocycles. The van der Waals surface area contributed by atoms with Crippen LogP contribution in [-0.2, 0) is 0 Å². The van der Waals surface area contributed by atoms with Crippen LogP contribution in [0, 0.1) is 0 Å². The zero-order chi connectivity index (χ0) is 31.8. The average molecular weight is 586 g/mol. The molecular formula is C42H22B4O. The maximum absolute atomic E-state index is 6.97. The molecule has 0 aliphatic carbocycles. The SMILES string of the molecule is [B]c1c([B])c([B])c2c(-c3cccc4oc5c(-c6cccc7ccccc67)cccc5c34)c3ccccc3c(-c3ccccc3)c2c1[B]. The molecule has 0 atom stereocenters. The lowest BCUT2D eigenvalue weighted by Crippen LogP contribution is -2.48. The van der Waals surface area contributed by atoms with Crippen molar-refractivity contribution < 1.29 is 4.42 Å². The number of fused-ring (bicyclic) bond motifs is 6. The van der Waals surface area contributed by atoms with Crippen molar-refractivity contribution in [3.05, 3.63) is 133 Å². The second-order valence-electron chi connectivity index (χ2n) is 12.1. The molecule has 5 heteroatoms. The molecule has 0 aliphatic rings. The first kappa shape index (κ1) is 27.9. The summed E-state index contributed by atoms with van der Waals surface area (Å²) in [7, 11) is 27.0. The van der Waals surface area contributed by atoms with E-state index in [4.69, 9.17) is 35.8 Å². The third-order valence-electron chi connectivity index (χ3n) is 9.56. The standard InChI is InChI=1S/C42H22B4O/c43-38-36-33(24-12-2-1-3-13-24)27-16-6-7-17-28(27)35(37(36)39(44)41(46)40(38)45)30-20-10-22-32-34(30)31-21-9-19-29(42(31)47-32)26-18-8-14-23-11-4-5-15-25(23)26/h1-22H. The molecule has 0 spiro atoms. The highest BCUT2D eigenvalue weighted by Gasteiger charge is 2.24. The van der Waals surface area contributed by atoms with E-state index in [0.29, 0.717) is 16.4 Å². The largest absolute Gasteiger partial charge is 0.455 e. The Labute approximate surface area is 277 Å². The Bertz CT molecular complexity index is 2720. The minimum atomic E-state index is 0.285. The minimum Gasteiger partial charge on any atom is -0.455 e. The fraction of sp³-hybridized carbons (Fsp3) is 0. The zero-order valence-electron chi connectivity index (χ0n) is 25.4. The van der Waals surface area contributed by atoms with Gasteiger partial charge >= 0.3 is 0 Å². The van der Waals surface area contributed by atoms with Crippen LogP contribution in [-0.4, -0.2) is 31.4 Å². The van der Waals surface area contributed by atoms with E-state index in [9.17, 15) is 0 Å². The van der Waals surface area contributed by atoms with Gasteiger partial charge in [-0.2, -0.15) is 0 Å². The molecule has 0 fully saturated rings. The summed E-state index contributed by atoms with van der Waals surface area (Å²) < 4.78 is 6.76. The first-order valence-corrected chi connectivity index (χ1v) is 15.6. The smallest absolute Gasteiger partial charge is 0.143 e. The van der Waals surface area contributed by atoms with E-state index in [-0.39, 0.29) is 5.46 Å². The summed E-state index contributed by atoms with van der Waals surface area (Å²) in [5.74, 6) is 0. The van der Waals surface area contributed by atoms with Gasteiger partial charge in [0.15, 0.2) is 0 Å². The fourth-order valence-corrected chi connectivity index (χ4v) is 7.45. The maximum atomic E-state index is 6.97. The molecule has 1 aromatic heterocycles. The Morgan fingerprint density at radius 2 is 0.894 bits per heavy atom. The van der Waals surface area contributed by atoms with Crippen molar-refractivity contribution >= 4 is 107 Å². The highest BCUT2D eigenvalue weighted by Crippen LogP contribution is 2.47. The third kappa shape index (κ3) is 4.02. The van der Waals surface area contributed by atoms with Gasteiger partial charge in [-0.3, -0.25) is 0 Å². The molecular weight excluding hydrogens is 564 g/mol. The molecule has 8 radical (unpaired) electrons. The lowest BCUT2D eigenvalue weighted by atomic mass is 9.62. The van der Waals surface area contributed by atoms with Crippen LogP contribution in [0.1, 0.15) is 0 Å². The Balaban J connectivity index is 1.46. The molecule has 9 aromatic rings. The van der Waals surface area contributed by atoms with Crippen LogP contribution in [0.5, 0.6) is 0 Å². The van der Waals surface area contributed by atoms with Crippen LogP contribution >= 0.6 is 0 Å². The summed E-state index contributed by atoms with van der Waals surface area (Å²) in [4.78, 5) is 0. The summed E-state index contributed by atoms with van der Waals surface area (Å²) in [6.45, 7) is 0. The topological polar surface area (TPSA) is 13.1 Å². The van der Waals surface area contributed by atoms with E-state index in [2.05, 4.69) is 103 Å². The van der Waals surface area contributed by atoms with Crippen molar-refractivity contribution in [2.75, 3.05) is 0 Å². The molecule has 0 saturated carbocycles. The van der Waals surface area contributed by atoms with E-state index in [0.717, 1.165) is 76.9 Å². The minimum absolute atomic E-state index is 0.285. The van der Waals surface area contributed by atoms with Gasteiger partial charge in [0.05, 0.1) is 0 Å². The van der Waals surface area contributed by atoms with Gasteiger partial charge in [-0.25, -0.2) is 0 Å². The molecule has 1 nitrogen and oxygen atoms in total. The Kier molecular flexibility index (Phi) is 6.27. The van der Waals surface area contributed by atoms with Crippen molar-refractivity contribution in [3.8, 4) is 33.4 Å². The fourth-order valence-electron chi connectivity index (χ4n) is 7.45. The molecule has 9 rings (SSSR count). The Hall–Kier alpha value is -5.40. The van der Waals surface area contributed by atoms with Crippen LogP contribution in [0.15, 0.2) is 138 Å². The van der Waals surface area contributed by atoms with E-state index in [1.54, 1.807) is 0 Å². The number of hydrogen-bond acceptors (Lipinski definition) is 1. The van der Waals surface area contributed by atoms with Gasteiger partial charge in [0.1, 0.15) is 42.6 Å². The van der Waals surface area contributed by atoms with Crippen LogP contribution in [0.25, 0.3) is 87.6 Å². The van der Waals surface area contributed by atoms with Gasteiger partial charge in [-0.1, -0.05) is 138 Å². The predicted octanol–water partition coefficient (Wildman–Crippen LogP) is 7.22. The quantitative estimate of drug-likeness (QED) is 0.158. The van der Waals surface area contributed by atoms with Crippen molar-refractivity contribution in [3.63, 3.8) is 0 Å². The third-order valence-corrected chi connectivity index (χ3v) is 9.56. The molecule has 0 N–H and O–H groups in total. The Morgan fingerprint density at radius 3 is 1.66 bits per heavy atom. The van der Waals surface area contributed by atoms with Gasteiger partial charge in [0, 0.05) is 16.3 Å². The number of furan rings is 1. The highest BCUT2D eigenvalue weighted by molar-refractivity contribution is 6.68. The molecule has 0 aliphatic heterocycles. The molecule has 0 bridgehead atoms. The number of hydrogen-bond donors (Lipinski definition) is 0. The van der Waals surface area contributed by atoms with Crippen LogP contribution in [0.4, 0.5) is 0 Å². The summed E-state index contributed by atoms with van der Waals surface area (Å²) >= 11 is 0. The Morgan fingerprint density at radius 1 is 0.362 bits per heavy atom. The second-order valence-corrected chi connectivity index (χ2v) is 12.1. The van der Waals surface area contributed by atoms with Gasteiger partial charge in [0.2, 0.25) is 0 Å². The predicted molar refractivity (Wildman–Crippen MR) is 204 cm³/mol. The second kappa shape index (κ2) is 10.6. The van der Waals surface area contributed by atoms with E-state index in [1.165, 1.54) is 10.8 Å². The maximum Gasteiger partial charge on any atom is 0.143 e. The molecule has 0 saturated heterocycles. The van der Waals surface area contributed by atoms with E-state index < -0.39 is 0 Å². The number of rotatable bonds is 3. The lowest BCUT2D eigenvalue weighted by Gasteiger charge is -2.25. The van der Waals surface area contributed by atoms with Crippen molar-refractivity contribution in [1.82, 2.24) is 0 Å². The molecule has 47 heavy (non-hydrogen) atoms. The average Bonchev–Trinajstić information content (AvgIpc) is 3.51. The summed E-state index contributed by atoms with van der Waals surface area (Å²) in [5.41, 5.74) is 9.08. The molecule has 0 unspecified atom stereocenters. The van der Waals surface area contributed by atoms with E-state index >= 15 is 0 Å². The summed E-state index contributed by atoms with van der Waals surface area (Å²) in [6, 6.07) is 46.0. The summed E-state index contributed by atoms with van der Waals surface area (Å²) in [5, 5.41) is 8.00. The normalized spacial score (nSPS) is 11.7. The number of benzene rings is 8. The first-order chi connectivity index (χ1) is 23.0. The zero-order valence-corrected chi connectivity index (χ0v) is 25.4. The van der Waals surface area contributed by atoms with Gasteiger partial charge < -0.3 is 4.42 Å². The highest BCUT2D eigenvalue weighted by atomic mass is 16.3. The van der Waals surface area contributed by atoms with Crippen molar-refractivity contribution in [1.29, 1.82) is 0 Å². The van der Waals surface area contributed by atoms with Gasteiger partial charge in [0.25, 0.3) is 0 Å². The van der Waals surface area contributed by atoms with Gasteiger partial charge in [-0.05, 0) is 66.2 Å². The van der Waals surface area contributed by atoms with Crippen LogP contribution < -0.4 is 21.9 Å². The van der Waals surface area contributed by atoms with Crippen LogP contribution in [0.2, 0.25) is 0 Å².